The van der Waals surface area contributed by atoms with Gasteiger partial charge in [0.2, 0.25) is 5.91 Å². The highest BCUT2D eigenvalue weighted by Gasteiger charge is 2.31. The van der Waals surface area contributed by atoms with Gasteiger partial charge in [0.15, 0.2) is 16.8 Å². The van der Waals surface area contributed by atoms with Crippen LogP contribution in [-0.2, 0) is 4.79 Å². The Labute approximate surface area is 190 Å². The van der Waals surface area contributed by atoms with Crippen LogP contribution in [0, 0.1) is 11.2 Å². The number of nitrogens with one attached hydrogen (secondary N) is 1. The second kappa shape index (κ2) is 8.86. The van der Waals surface area contributed by atoms with Crippen molar-refractivity contribution < 1.29 is 14.0 Å². The fraction of sp³-hybridized carbons (Fsp3) is 0.333. The van der Waals surface area contributed by atoms with E-state index in [0.29, 0.717) is 27.8 Å². The molecule has 0 aliphatic heterocycles. The van der Waals surface area contributed by atoms with Crippen LogP contribution in [0.3, 0.4) is 0 Å². The minimum atomic E-state index is -0.496. The summed E-state index contributed by atoms with van der Waals surface area (Å²) >= 11 is 1.31. The number of Topliss-reactive ketones (excluding diaryl/α,β-unsaturated/α-hetero) is 1. The second-order valence-corrected chi connectivity index (χ2v) is 9.82. The molecule has 3 aromatic rings. The van der Waals surface area contributed by atoms with Gasteiger partial charge >= 0.3 is 0 Å². The maximum Gasteiger partial charge on any atom is 0.229 e. The molecule has 2 aromatic carbocycles. The molecule has 6 nitrogen and oxygen atoms in total. The molecule has 0 spiro atoms. The van der Waals surface area contributed by atoms with Crippen molar-refractivity contribution in [3.63, 3.8) is 0 Å². The summed E-state index contributed by atoms with van der Waals surface area (Å²) in [5.74, 6) is 0.210. The zero-order chi connectivity index (χ0) is 22.9. The van der Waals surface area contributed by atoms with E-state index < -0.39 is 5.41 Å². The zero-order valence-electron chi connectivity index (χ0n) is 18.3. The number of nitrogens with zero attached hydrogens (tertiary/aromatic N) is 3. The minimum absolute atomic E-state index is 0.0542. The molecule has 166 valence electrons. The molecule has 0 atom stereocenters. The summed E-state index contributed by atoms with van der Waals surface area (Å²) in [5.41, 5.74) is 1.12. The highest BCUT2D eigenvalue weighted by atomic mass is 32.2. The Bertz CT molecular complexity index is 1150. The number of amides is 1. The van der Waals surface area contributed by atoms with Gasteiger partial charge in [-0.05, 0) is 49.2 Å². The number of carbonyl (C=O) groups is 2. The Morgan fingerprint density at radius 1 is 1.09 bits per heavy atom. The van der Waals surface area contributed by atoms with Crippen LogP contribution in [0.4, 0.5) is 10.1 Å². The number of hydrogen-bond donors (Lipinski definition) is 1. The zero-order valence-corrected chi connectivity index (χ0v) is 19.1. The van der Waals surface area contributed by atoms with E-state index in [1.54, 1.807) is 42.5 Å². The molecule has 0 bridgehead atoms. The lowest BCUT2D eigenvalue weighted by Gasteiger charge is -2.17. The Kier molecular flexibility index (Phi) is 6.15. The highest BCUT2D eigenvalue weighted by molar-refractivity contribution is 7.99. The molecule has 0 saturated heterocycles. The van der Waals surface area contributed by atoms with Gasteiger partial charge in [0, 0.05) is 22.7 Å². The molecule has 0 radical (unpaired) electrons. The predicted octanol–water partition coefficient (Wildman–Crippen LogP) is 5.38. The van der Waals surface area contributed by atoms with Crippen LogP contribution < -0.4 is 5.32 Å². The van der Waals surface area contributed by atoms with E-state index in [2.05, 4.69) is 15.5 Å². The van der Waals surface area contributed by atoms with E-state index in [1.807, 2.05) is 25.3 Å². The van der Waals surface area contributed by atoms with Crippen LogP contribution in [-0.4, -0.2) is 32.2 Å². The molecule has 32 heavy (non-hydrogen) atoms. The van der Waals surface area contributed by atoms with Gasteiger partial charge in [-0.2, -0.15) is 0 Å². The summed E-state index contributed by atoms with van der Waals surface area (Å²) < 4.78 is 16.2. The molecule has 4 rings (SSSR count). The number of rotatable bonds is 7. The second-order valence-electron chi connectivity index (χ2n) is 8.88. The van der Waals surface area contributed by atoms with Gasteiger partial charge in [0.1, 0.15) is 5.82 Å². The first kappa shape index (κ1) is 22.2. The molecule has 1 heterocycles. The Morgan fingerprint density at radius 2 is 1.78 bits per heavy atom. The number of halogens is 1. The van der Waals surface area contributed by atoms with Gasteiger partial charge in [-0.15, -0.1) is 10.2 Å². The van der Waals surface area contributed by atoms with Crippen molar-refractivity contribution in [2.75, 3.05) is 11.1 Å². The number of aromatic nitrogens is 3. The van der Waals surface area contributed by atoms with E-state index in [1.165, 1.54) is 17.8 Å². The molecule has 8 heteroatoms. The van der Waals surface area contributed by atoms with Crippen LogP contribution in [0.2, 0.25) is 0 Å². The Hall–Kier alpha value is -3.00. The molecule has 1 aromatic heterocycles. The monoisotopic (exact) mass is 452 g/mol. The van der Waals surface area contributed by atoms with Crippen LogP contribution in [0.25, 0.3) is 11.4 Å². The van der Waals surface area contributed by atoms with Crippen molar-refractivity contribution in [1.29, 1.82) is 0 Å². The summed E-state index contributed by atoms with van der Waals surface area (Å²) in [5, 5.41) is 11.9. The minimum Gasteiger partial charge on any atom is -0.326 e. The molecule has 1 fully saturated rings. The van der Waals surface area contributed by atoms with Crippen molar-refractivity contribution >= 4 is 29.1 Å². The van der Waals surface area contributed by atoms with Crippen molar-refractivity contribution in [3.05, 3.63) is 59.9 Å². The normalized spacial score (nSPS) is 13.8. The van der Waals surface area contributed by atoms with Gasteiger partial charge in [0.25, 0.3) is 0 Å². The summed E-state index contributed by atoms with van der Waals surface area (Å²) in [7, 11) is 0. The molecular weight excluding hydrogens is 427 g/mol. The Morgan fingerprint density at radius 3 is 2.41 bits per heavy atom. The molecule has 1 aliphatic rings. The quantitative estimate of drug-likeness (QED) is 0.385. The topological polar surface area (TPSA) is 76.9 Å². The molecule has 1 N–H and O–H groups in total. The van der Waals surface area contributed by atoms with E-state index in [-0.39, 0.29) is 29.3 Å². The first-order valence-corrected chi connectivity index (χ1v) is 11.5. The lowest BCUT2D eigenvalue weighted by Crippen LogP contribution is -2.27. The lowest BCUT2D eigenvalue weighted by molar-refractivity contribution is -0.123. The number of hydrogen-bond acceptors (Lipinski definition) is 5. The van der Waals surface area contributed by atoms with Gasteiger partial charge in [0.05, 0.1) is 11.3 Å². The van der Waals surface area contributed by atoms with Gasteiger partial charge in [-0.25, -0.2) is 4.39 Å². The third-order valence-corrected chi connectivity index (χ3v) is 6.11. The van der Waals surface area contributed by atoms with Gasteiger partial charge < -0.3 is 5.32 Å². The maximum absolute atomic E-state index is 14.3. The smallest absolute Gasteiger partial charge is 0.229 e. The third kappa shape index (κ3) is 4.91. The van der Waals surface area contributed by atoms with Crippen molar-refractivity contribution in [2.24, 2.45) is 5.41 Å². The highest BCUT2D eigenvalue weighted by Crippen LogP contribution is 2.41. The average Bonchev–Trinajstić information content (AvgIpc) is 3.51. The van der Waals surface area contributed by atoms with Gasteiger partial charge in [-0.3, -0.25) is 14.2 Å². The summed E-state index contributed by atoms with van der Waals surface area (Å²) in [6, 6.07) is 13.6. The summed E-state index contributed by atoms with van der Waals surface area (Å²) in [4.78, 5) is 24.8. The number of carbonyl (C=O) groups excluding carboxylic acids is 2. The number of thioether (sulfide) groups is 1. The van der Waals surface area contributed by atoms with Crippen LogP contribution in [0.5, 0.6) is 0 Å². The van der Waals surface area contributed by atoms with Crippen molar-refractivity contribution in [3.8, 4) is 11.4 Å². The van der Waals surface area contributed by atoms with E-state index in [9.17, 15) is 14.0 Å². The number of benzene rings is 2. The van der Waals surface area contributed by atoms with Crippen molar-refractivity contribution in [2.45, 2.75) is 44.8 Å². The SMILES string of the molecule is CC(C)(C)C(=O)Nc1ccc(C(=O)CSc2nnc(-c3ccccc3F)n2C2CC2)cc1. The van der Waals surface area contributed by atoms with Crippen molar-refractivity contribution in [1.82, 2.24) is 14.8 Å². The molecular formula is C24H25FN4O2S. The number of anilines is 1. The Balaban J connectivity index is 1.45. The van der Waals surface area contributed by atoms with Gasteiger partial charge in [-0.1, -0.05) is 44.7 Å². The first-order chi connectivity index (χ1) is 15.2. The third-order valence-electron chi connectivity index (χ3n) is 5.17. The fourth-order valence-corrected chi connectivity index (χ4v) is 4.04. The molecule has 0 unspecified atom stereocenters. The average molecular weight is 453 g/mol. The maximum atomic E-state index is 14.3. The lowest BCUT2D eigenvalue weighted by atomic mass is 9.95. The molecule has 1 aliphatic carbocycles. The molecule has 1 amide bonds. The van der Waals surface area contributed by atoms with E-state index >= 15 is 0 Å². The number of ketones is 1. The van der Waals surface area contributed by atoms with Crippen LogP contribution in [0.1, 0.15) is 50.0 Å². The van der Waals surface area contributed by atoms with E-state index in [0.717, 1.165) is 12.8 Å². The molecule has 1 saturated carbocycles. The van der Waals surface area contributed by atoms with Crippen LogP contribution >= 0.6 is 11.8 Å². The standard InChI is InChI=1S/C24H25FN4O2S/c1-24(2,3)22(31)26-16-10-8-15(9-11-16)20(30)14-32-23-28-27-21(29(23)17-12-13-17)18-6-4-5-7-19(18)25/h4-11,17H,12-14H2,1-3H3,(H,26,31). The summed E-state index contributed by atoms with van der Waals surface area (Å²) in [6.07, 6.45) is 1.98. The summed E-state index contributed by atoms with van der Waals surface area (Å²) in [6.45, 7) is 5.53. The van der Waals surface area contributed by atoms with E-state index in [4.69, 9.17) is 0 Å². The van der Waals surface area contributed by atoms with Crippen LogP contribution in [0.15, 0.2) is 53.7 Å². The fourth-order valence-electron chi connectivity index (χ4n) is 3.14. The largest absolute Gasteiger partial charge is 0.326 e. The predicted molar refractivity (Wildman–Crippen MR) is 123 cm³/mol. The first-order valence-electron chi connectivity index (χ1n) is 10.5.